The number of nitrogens with zero attached hydrogens (tertiary/aromatic N) is 3. The number of halogens is 2. The summed E-state index contributed by atoms with van der Waals surface area (Å²) in [6.45, 7) is 0.975. The van der Waals surface area contributed by atoms with Crippen LogP contribution in [0, 0.1) is 0 Å². The first kappa shape index (κ1) is 37.7. The van der Waals surface area contributed by atoms with Crippen LogP contribution in [-0.4, -0.2) is 47.2 Å². The van der Waals surface area contributed by atoms with E-state index in [9.17, 15) is 19.2 Å². The van der Waals surface area contributed by atoms with Crippen LogP contribution in [0.2, 0.25) is 10.0 Å². The van der Waals surface area contributed by atoms with Crippen LogP contribution in [0.1, 0.15) is 37.4 Å². The Morgan fingerprint density at radius 3 is 1.59 bits per heavy atom. The number of carbonyl (C=O) groups is 2. The highest BCUT2D eigenvalue weighted by Crippen LogP contribution is 2.20. The predicted octanol–water partition coefficient (Wildman–Crippen LogP) is 8.28. The zero-order chi connectivity index (χ0) is 38.4. The summed E-state index contributed by atoms with van der Waals surface area (Å²) in [5.41, 5.74) is 3.52. The van der Waals surface area contributed by atoms with Crippen molar-refractivity contribution in [2.24, 2.45) is 0 Å². The van der Waals surface area contributed by atoms with Gasteiger partial charge in [-0.25, -0.2) is 5.06 Å². The van der Waals surface area contributed by atoms with Crippen LogP contribution in [0.4, 0.5) is 0 Å². The van der Waals surface area contributed by atoms with Gasteiger partial charge in [0.1, 0.15) is 11.3 Å². The third-order valence-corrected chi connectivity index (χ3v) is 9.32. The number of ketones is 1. The molecule has 0 aliphatic rings. The SMILES string of the molecule is CON(C)C(=O)c1cn(Cc2cccc(Cl)c2)c2ccccc2c1=O.COc1ccc(C(=O)c2cn(Cc3cccc(Cl)c3)c3ccccc3c2=O)cc1. The summed E-state index contributed by atoms with van der Waals surface area (Å²) in [6, 6.07) is 36.3. The lowest BCUT2D eigenvalue weighted by Gasteiger charge is -2.17. The molecule has 7 aromatic rings. The molecule has 0 bridgehead atoms. The Hall–Kier alpha value is -6.00. The standard InChI is InChI=1S/C24H18ClNO3.C19H17ClN2O3/c1-29-19-11-9-17(10-12-19)23(27)21-15-26(14-16-5-4-6-18(25)13-16)22-8-3-2-7-20(22)24(21)28;1-21(25-2)19(24)16-12-22(11-13-6-5-7-14(20)10-13)17-9-4-3-8-15(17)18(16)23/h2-13,15H,14H2,1H3;3-10,12H,11H2,1-2H3. The van der Waals surface area contributed by atoms with Gasteiger partial charge in [-0.05, 0) is 83.9 Å². The maximum Gasteiger partial charge on any atom is 0.282 e. The van der Waals surface area contributed by atoms with Crippen LogP contribution >= 0.6 is 23.2 Å². The van der Waals surface area contributed by atoms with Gasteiger partial charge in [0.2, 0.25) is 10.9 Å². The lowest BCUT2D eigenvalue weighted by Crippen LogP contribution is -2.31. The van der Waals surface area contributed by atoms with Crippen molar-refractivity contribution in [3.05, 3.63) is 192 Å². The highest BCUT2D eigenvalue weighted by molar-refractivity contribution is 6.30. The minimum Gasteiger partial charge on any atom is -0.497 e. The molecular weight excluding hydrogens is 725 g/mol. The fraction of sp³-hybridized carbons (Fsp3) is 0.116. The molecule has 9 nitrogen and oxygen atoms in total. The Morgan fingerprint density at radius 2 is 1.11 bits per heavy atom. The molecule has 0 saturated heterocycles. The Morgan fingerprint density at radius 1 is 0.630 bits per heavy atom. The van der Waals surface area contributed by atoms with Crippen LogP contribution in [0.5, 0.6) is 5.75 Å². The van der Waals surface area contributed by atoms with Gasteiger partial charge < -0.3 is 13.9 Å². The van der Waals surface area contributed by atoms with Crippen molar-refractivity contribution in [2.45, 2.75) is 13.1 Å². The van der Waals surface area contributed by atoms with Gasteiger partial charge in [0.15, 0.2) is 5.78 Å². The highest BCUT2D eigenvalue weighted by Gasteiger charge is 2.20. The van der Waals surface area contributed by atoms with Crippen molar-refractivity contribution in [1.29, 1.82) is 0 Å². The number of hydrogen-bond donors (Lipinski definition) is 0. The number of hydrogen-bond acceptors (Lipinski definition) is 6. The number of amides is 1. The van der Waals surface area contributed by atoms with Crippen molar-refractivity contribution < 1.29 is 19.2 Å². The maximum atomic E-state index is 13.1. The number of para-hydroxylation sites is 2. The summed E-state index contributed by atoms with van der Waals surface area (Å²) in [5.74, 6) is -0.153. The van der Waals surface area contributed by atoms with Crippen molar-refractivity contribution in [2.75, 3.05) is 21.3 Å². The molecule has 0 spiro atoms. The van der Waals surface area contributed by atoms with Crippen molar-refractivity contribution in [3.8, 4) is 5.75 Å². The molecule has 2 aromatic heterocycles. The van der Waals surface area contributed by atoms with Crippen molar-refractivity contribution in [1.82, 2.24) is 14.2 Å². The summed E-state index contributed by atoms with van der Waals surface area (Å²) in [5, 5.41) is 3.31. The lowest BCUT2D eigenvalue weighted by molar-refractivity contribution is -0.0758. The molecule has 7 rings (SSSR count). The molecule has 11 heteroatoms. The Bertz CT molecular complexity index is 2620. The zero-order valence-electron chi connectivity index (χ0n) is 29.7. The van der Waals surface area contributed by atoms with Crippen molar-refractivity contribution >= 4 is 56.7 Å². The van der Waals surface area contributed by atoms with E-state index in [-0.39, 0.29) is 27.8 Å². The van der Waals surface area contributed by atoms with Crippen molar-refractivity contribution in [3.63, 3.8) is 0 Å². The van der Waals surface area contributed by atoms with Gasteiger partial charge in [-0.15, -0.1) is 0 Å². The van der Waals surface area contributed by atoms with Gasteiger partial charge in [0.05, 0.1) is 30.8 Å². The molecule has 0 saturated carbocycles. The van der Waals surface area contributed by atoms with Gasteiger partial charge >= 0.3 is 0 Å². The molecule has 0 fully saturated rings. The van der Waals surface area contributed by atoms with Gasteiger partial charge in [0.25, 0.3) is 5.91 Å². The second-order valence-corrected chi connectivity index (χ2v) is 13.2. The summed E-state index contributed by atoms with van der Waals surface area (Å²) < 4.78 is 8.93. The van der Waals surface area contributed by atoms with E-state index in [2.05, 4.69) is 0 Å². The third-order valence-electron chi connectivity index (χ3n) is 8.85. The zero-order valence-corrected chi connectivity index (χ0v) is 31.2. The van der Waals surface area contributed by atoms with Crippen LogP contribution < -0.4 is 15.6 Å². The maximum absolute atomic E-state index is 13.1. The molecule has 5 aromatic carbocycles. The van der Waals surface area contributed by atoms with Crippen LogP contribution in [0.25, 0.3) is 21.8 Å². The number of hydroxylamine groups is 2. The second-order valence-electron chi connectivity index (χ2n) is 12.3. The van der Waals surface area contributed by atoms with Gasteiger partial charge in [-0.2, -0.15) is 0 Å². The number of pyridine rings is 2. The van der Waals surface area contributed by atoms with E-state index in [1.54, 1.807) is 74.1 Å². The van der Waals surface area contributed by atoms with E-state index in [0.717, 1.165) is 27.2 Å². The lowest BCUT2D eigenvalue weighted by atomic mass is 10.0. The topological polar surface area (TPSA) is 99.8 Å². The first-order chi connectivity index (χ1) is 26.1. The number of methoxy groups -OCH3 is 1. The Kier molecular flexibility index (Phi) is 11.7. The van der Waals surface area contributed by atoms with Crippen LogP contribution in [-0.2, 0) is 17.9 Å². The minimum atomic E-state index is -0.488. The minimum absolute atomic E-state index is 0.0603. The fourth-order valence-electron chi connectivity index (χ4n) is 6.08. The summed E-state index contributed by atoms with van der Waals surface area (Å²) in [6.07, 6.45) is 3.21. The first-order valence-electron chi connectivity index (χ1n) is 16.8. The summed E-state index contributed by atoms with van der Waals surface area (Å²) in [7, 11) is 4.41. The Balaban J connectivity index is 0.000000186. The molecule has 0 aliphatic heterocycles. The van der Waals surface area contributed by atoms with E-state index < -0.39 is 5.91 Å². The van der Waals surface area contributed by atoms with Crippen LogP contribution in [0.3, 0.4) is 0 Å². The molecule has 54 heavy (non-hydrogen) atoms. The smallest absolute Gasteiger partial charge is 0.282 e. The van der Waals surface area contributed by atoms with Gasteiger partial charge in [0, 0.05) is 58.9 Å². The first-order valence-corrected chi connectivity index (χ1v) is 17.6. The molecular formula is C43H35Cl2N3O6. The van der Waals surface area contributed by atoms with E-state index in [1.165, 1.54) is 14.2 Å². The average Bonchev–Trinajstić information content (AvgIpc) is 3.19. The molecule has 2 heterocycles. The molecule has 0 atom stereocenters. The predicted molar refractivity (Wildman–Crippen MR) is 213 cm³/mol. The number of benzene rings is 5. The van der Waals surface area contributed by atoms with E-state index >= 15 is 0 Å². The van der Waals surface area contributed by atoms with Gasteiger partial charge in [-0.3, -0.25) is 24.0 Å². The van der Waals surface area contributed by atoms with Gasteiger partial charge in [-0.1, -0.05) is 71.7 Å². The highest BCUT2D eigenvalue weighted by atomic mass is 35.5. The monoisotopic (exact) mass is 759 g/mol. The second kappa shape index (κ2) is 16.8. The molecule has 0 aliphatic carbocycles. The van der Waals surface area contributed by atoms with E-state index in [1.807, 2.05) is 75.9 Å². The van der Waals surface area contributed by atoms with E-state index in [4.69, 9.17) is 32.8 Å². The molecule has 0 unspecified atom stereocenters. The molecule has 0 radical (unpaired) electrons. The quantitative estimate of drug-likeness (QED) is 0.109. The summed E-state index contributed by atoms with van der Waals surface area (Å²) in [4.78, 5) is 56.2. The fourth-order valence-corrected chi connectivity index (χ4v) is 6.51. The van der Waals surface area contributed by atoms with E-state index in [0.29, 0.717) is 45.2 Å². The number of carbonyl (C=O) groups excluding carboxylic acids is 2. The Labute approximate surface area is 321 Å². The third kappa shape index (κ3) is 8.29. The number of ether oxygens (including phenoxy) is 1. The molecule has 1 amide bonds. The number of rotatable bonds is 9. The van der Waals surface area contributed by atoms with Crippen LogP contribution in [0.15, 0.2) is 143 Å². The molecule has 272 valence electrons. The number of fused-ring (bicyclic) bond motifs is 2. The normalized spacial score (nSPS) is 10.8. The average molecular weight is 761 g/mol. The largest absolute Gasteiger partial charge is 0.497 e. The molecule has 0 N–H and O–H groups in total. The number of aromatic nitrogens is 2. The summed E-state index contributed by atoms with van der Waals surface area (Å²) >= 11 is 12.2.